The Balaban J connectivity index is 2.92. The lowest BCUT2D eigenvalue weighted by atomic mass is 10.2. The Kier molecular flexibility index (Phi) is 1.64. The molecule has 2 aromatic rings. The molecule has 0 amide bonds. The van der Waals surface area contributed by atoms with Crippen LogP contribution >= 0.6 is 22.6 Å². The van der Waals surface area contributed by atoms with E-state index in [0.29, 0.717) is 0 Å². The number of furan rings is 1. The molecule has 0 saturated carbocycles. The number of para-hydroxylation sites is 1. The predicted octanol–water partition coefficient (Wildman–Crippen LogP) is 3.35. The minimum atomic E-state index is 0.981. The van der Waals surface area contributed by atoms with Crippen molar-refractivity contribution in [3.05, 3.63) is 33.6 Å². The molecule has 0 atom stereocenters. The van der Waals surface area contributed by atoms with Crippen LogP contribution in [0.4, 0.5) is 0 Å². The van der Waals surface area contributed by atoms with Gasteiger partial charge in [0, 0.05) is 10.9 Å². The number of aryl methyl sites for hydroxylation is 1. The molecule has 2 heteroatoms. The van der Waals surface area contributed by atoms with Crippen molar-refractivity contribution in [3.63, 3.8) is 0 Å². The van der Waals surface area contributed by atoms with E-state index >= 15 is 0 Å². The van der Waals surface area contributed by atoms with Crippen molar-refractivity contribution in [2.45, 2.75) is 6.92 Å². The summed E-state index contributed by atoms with van der Waals surface area (Å²) in [4.78, 5) is 0. The van der Waals surface area contributed by atoms with Crippen LogP contribution in [0.15, 0.2) is 28.7 Å². The highest BCUT2D eigenvalue weighted by molar-refractivity contribution is 14.1. The number of hydrogen-bond donors (Lipinski definition) is 0. The lowest BCUT2D eigenvalue weighted by Gasteiger charge is -1.84. The largest absolute Gasteiger partial charge is 0.450 e. The van der Waals surface area contributed by atoms with Crippen LogP contribution < -0.4 is 0 Å². The maximum Gasteiger partial charge on any atom is 0.167 e. The van der Waals surface area contributed by atoms with E-state index in [2.05, 4.69) is 35.6 Å². The molecule has 11 heavy (non-hydrogen) atoms. The molecule has 1 heterocycles. The molecule has 0 radical (unpaired) electrons. The summed E-state index contributed by atoms with van der Waals surface area (Å²) in [5.74, 6) is 0. The Morgan fingerprint density at radius 2 is 2.00 bits per heavy atom. The van der Waals surface area contributed by atoms with Gasteiger partial charge in [-0.3, -0.25) is 0 Å². The van der Waals surface area contributed by atoms with Crippen LogP contribution in [0.2, 0.25) is 0 Å². The summed E-state index contributed by atoms with van der Waals surface area (Å²) >= 11 is 2.21. The molecule has 56 valence electrons. The fourth-order valence-corrected chi connectivity index (χ4v) is 1.67. The van der Waals surface area contributed by atoms with E-state index in [0.717, 1.165) is 9.35 Å². The van der Waals surface area contributed by atoms with Gasteiger partial charge in [0.25, 0.3) is 0 Å². The van der Waals surface area contributed by atoms with Crippen LogP contribution in [0, 0.1) is 10.7 Å². The first-order valence-electron chi connectivity index (χ1n) is 3.42. The van der Waals surface area contributed by atoms with Gasteiger partial charge in [0.2, 0.25) is 0 Å². The number of benzene rings is 1. The first-order chi connectivity index (χ1) is 5.29. The number of halogens is 1. The van der Waals surface area contributed by atoms with Crippen LogP contribution in [0.3, 0.4) is 0 Å². The number of fused-ring (bicyclic) bond motifs is 1. The molecule has 0 aliphatic carbocycles. The molecule has 0 fully saturated rings. The van der Waals surface area contributed by atoms with Gasteiger partial charge in [0.05, 0.1) is 0 Å². The van der Waals surface area contributed by atoms with Crippen molar-refractivity contribution in [1.29, 1.82) is 0 Å². The molecule has 0 N–H and O–H groups in total. The normalized spacial score (nSPS) is 10.7. The van der Waals surface area contributed by atoms with Crippen molar-refractivity contribution < 1.29 is 4.42 Å². The van der Waals surface area contributed by atoms with E-state index < -0.39 is 0 Å². The predicted molar refractivity (Wildman–Crippen MR) is 53.7 cm³/mol. The second-order valence-electron chi connectivity index (χ2n) is 2.50. The first kappa shape index (κ1) is 7.16. The summed E-state index contributed by atoms with van der Waals surface area (Å²) in [6.45, 7) is 2.08. The van der Waals surface area contributed by atoms with Crippen LogP contribution in [-0.2, 0) is 0 Å². The molecule has 0 saturated heterocycles. The van der Waals surface area contributed by atoms with Gasteiger partial charge in [0.1, 0.15) is 5.58 Å². The van der Waals surface area contributed by atoms with Gasteiger partial charge in [0.15, 0.2) is 3.77 Å². The van der Waals surface area contributed by atoms with Crippen LogP contribution in [0.5, 0.6) is 0 Å². The first-order valence-corrected chi connectivity index (χ1v) is 4.50. The minimum Gasteiger partial charge on any atom is -0.450 e. The second-order valence-corrected chi connectivity index (χ2v) is 3.48. The van der Waals surface area contributed by atoms with E-state index in [1.165, 1.54) is 10.9 Å². The van der Waals surface area contributed by atoms with Crippen molar-refractivity contribution in [2.24, 2.45) is 0 Å². The average Bonchev–Trinajstić information content (AvgIpc) is 2.30. The molecular formula is C9H7IO. The lowest BCUT2D eigenvalue weighted by Crippen LogP contribution is -1.67. The minimum absolute atomic E-state index is 0.981. The number of hydrogen-bond acceptors (Lipinski definition) is 1. The maximum atomic E-state index is 5.49. The molecule has 2 rings (SSSR count). The van der Waals surface area contributed by atoms with Gasteiger partial charge in [-0.15, -0.1) is 0 Å². The topological polar surface area (TPSA) is 13.1 Å². The molecule has 0 aliphatic heterocycles. The third kappa shape index (κ3) is 1.05. The van der Waals surface area contributed by atoms with Crippen molar-refractivity contribution >= 4 is 33.6 Å². The molecule has 1 aromatic heterocycles. The van der Waals surface area contributed by atoms with Crippen LogP contribution in [-0.4, -0.2) is 0 Å². The fourth-order valence-electron chi connectivity index (χ4n) is 1.14. The Morgan fingerprint density at radius 3 is 2.73 bits per heavy atom. The zero-order chi connectivity index (χ0) is 7.84. The molecular weight excluding hydrogens is 251 g/mol. The maximum absolute atomic E-state index is 5.49. The van der Waals surface area contributed by atoms with Gasteiger partial charge < -0.3 is 4.42 Å². The Morgan fingerprint density at radius 1 is 1.27 bits per heavy atom. The third-order valence-corrected chi connectivity index (χ3v) is 2.81. The molecule has 1 nitrogen and oxygen atoms in total. The Bertz CT molecular complexity index is 389. The monoisotopic (exact) mass is 258 g/mol. The summed E-state index contributed by atoms with van der Waals surface area (Å²) in [7, 11) is 0. The quantitative estimate of drug-likeness (QED) is 0.660. The molecule has 0 bridgehead atoms. The summed E-state index contributed by atoms with van der Waals surface area (Å²) in [5.41, 5.74) is 2.22. The summed E-state index contributed by atoms with van der Waals surface area (Å²) in [5, 5.41) is 1.22. The SMILES string of the molecule is Cc1c(I)oc2ccccc12. The van der Waals surface area contributed by atoms with E-state index in [4.69, 9.17) is 4.42 Å². The average molecular weight is 258 g/mol. The van der Waals surface area contributed by atoms with Gasteiger partial charge in [-0.25, -0.2) is 0 Å². The van der Waals surface area contributed by atoms with E-state index in [-0.39, 0.29) is 0 Å². The summed E-state index contributed by atoms with van der Waals surface area (Å²) in [6.07, 6.45) is 0. The van der Waals surface area contributed by atoms with Crippen molar-refractivity contribution in [1.82, 2.24) is 0 Å². The van der Waals surface area contributed by atoms with Crippen LogP contribution in [0.1, 0.15) is 5.56 Å². The van der Waals surface area contributed by atoms with Gasteiger partial charge in [-0.2, -0.15) is 0 Å². The van der Waals surface area contributed by atoms with Gasteiger partial charge in [-0.1, -0.05) is 18.2 Å². The van der Waals surface area contributed by atoms with Gasteiger partial charge in [-0.05, 0) is 35.6 Å². The Hall–Kier alpha value is -0.510. The van der Waals surface area contributed by atoms with Crippen molar-refractivity contribution in [2.75, 3.05) is 0 Å². The zero-order valence-corrected chi connectivity index (χ0v) is 8.25. The number of rotatable bonds is 0. The second kappa shape index (κ2) is 2.52. The smallest absolute Gasteiger partial charge is 0.167 e. The highest BCUT2D eigenvalue weighted by Gasteiger charge is 2.04. The van der Waals surface area contributed by atoms with Gasteiger partial charge >= 0.3 is 0 Å². The fraction of sp³-hybridized carbons (Fsp3) is 0.111. The molecule has 0 unspecified atom stereocenters. The summed E-state index contributed by atoms with van der Waals surface area (Å²) in [6, 6.07) is 8.09. The summed E-state index contributed by atoms with van der Waals surface area (Å²) < 4.78 is 6.47. The van der Waals surface area contributed by atoms with E-state index in [9.17, 15) is 0 Å². The highest BCUT2D eigenvalue weighted by atomic mass is 127. The van der Waals surface area contributed by atoms with Crippen LogP contribution in [0.25, 0.3) is 11.0 Å². The highest BCUT2D eigenvalue weighted by Crippen LogP contribution is 2.25. The molecule has 1 aromatic carbocycles. The van der Waals surface area contributed by atoms with Crippen molar-refractivity contribution in [3.8, 4) is 0 Å². The standard InChI is InChI=1S/C9H7IO/c1-6-7-4-2-3-5-8(7)11-9(6)10/h2-5H,1H3. The molecule has 0 aliphatic rings. The van der Waals surface area contributed by atoms with E-state index in [1.807, 2.05) is 18.2 Å². The third-order valence-electron chi connectivity index (χ3n) is 1.79. The van der Waals surface area contributed by atoms with E-state index in [1.54, 1.807) is 0 Å². The lowest BCUT2D eigenvalue weighted by molar-refractivity contribution is 0.580. The molecule has 0 spiro atoms. The zero-order valence-electron chi connectivity index (χ0n) is 6.10. The Labute approximate surface area is 78.5 Å².